The lowest BCUT2D eigenvalue weighted by Gasteiger charge is -2.17. The molecule has 0 atom stereocenters. The number of rotatable bonds is 5. The van der Waals surface area contributed by atoms with E-state index in [0.29, 0.717) is 18.8 Å². The van der Waals surface area contributed by atoms with Gasteiger partial charge in [-0.25, -0.2) is 9.37 Å². The van der Waals surface area contributed by atoms with Crippen molar-refractivity contribution in [3.8, 4) is 11.4 Å². The lowest BCUT2D eigenvalue weighted by molar-refractivity contribution is -0.125. The van der Waals surface area contributed by atoms with Crippen molar-refractivity contribution in [1.29, 1.82) is 0 Å². The van der Waals surface area contributed by atoms with Crippen LogP contribution in [0.4, 0.5) is 4.39 Å². The van der Waals surface area contributed by atoms with Crippen LogP contribution in [0.15, 0.2) is 67.1 Å². The second-order valence-electron chi connectivity index (χ2n) is 7.81. The maximum atomic E-state index is 13.2. The first kappa shape index (κ1) is 21.6. The molecule has 0 radical (unpaired) electrons. The van der Waals surface area contributed by atoms with Gasteiger partial charge < -0.3 is 14.2 Å². The summed E-state index contributed by atoms with van der Waals surface area (Å²) in [6.07, 6.45) is 10.9. The lowest BCUT2D eigenvalue weighted by atomic mass is 10.0. The summed E-state index contributed by atoms with van der Waals surface area (Å²) >= 11 is 0. The molecule has 0 unspecified atom stereocenters. The SMILES string of the molecule is COc1cc(/C=C/C(=O)N2CC=C(c3ccc(F)cc3)CCC2)ccc1-n1cnc(C)c1. The number of aryl methyl sites for hydroxylation is 1. The zero-order valence-corrected chi connectivity index (χ0v) is 18.3. The zero-order chi connectivity index (χ0) is 22.5. The molecule has 2 heterocycles. The maximum Gasteiger partial charge on any atom is 0.246 e. The minimum atomic E-state index is -0.241. The van der Waals surface area contributed by atoms with Gasteiger partial charge in [-0.15, -0.1) is 0 Å². The number of benzene rings is 2. The quantitative estimate of drug-likeness (QED) is 0.531. The highest BCUT2D eigenvalue weighted by Gasteiger charge is 2.15. The van der Waals surface area contributed by atoms with Crippen LogP contribution in [-0.4, -0.2) is 40.6 Å². The van der Waals surface area contributed by atoms with Crippen molar-refractivity contribution in [2.75, 3.05) is 20.2 Å². The summed E-state index contributed by atoms with van der Waals surface area (Å²) < 4.78 is 20.6. The third-order valence-corrected chi connectivity index (χ3v) is 5.57. The van der Waals surface area contributed by atoms with Gasteiger partial charge in [0.05, 0.1) is 24.8 Å². The highest BCUT2D eigenvalue weighted by atomic mass is 19.1. The molecule has 0 bridgehead atoms. The molecule has 6 heteroatoms. The molecule has 0 N–H and O–H groups in total. The van der Waals surface area contributed by atoms with Crippen LogP contribution < -0.4 is 4.74 Å². The summed E-state index contributed by atoms with van der Waals surface area (Å²) in [5.74, 6) is 0.434. The van der Waals surface area contributed by atoms with Crippen LogP contribution in [0.3, 0.4) is 0 Å². The fourth-order valence-electron chi connectivity index (χ4n) is 3.84. The van der Waals surface area contributed by atoms with E-state index in [9.17, 15) is 9.18 Å². The standard InChI is InChI=1S/C26H26FN3O2/c1-19-17-30(18-28-19)24-11-5-20(16-25(24)32-2)6-12-26(31)29-14-3-4-21(13-15-29)22-7-9-23(27)10-8-22/h5-13,16-18H,3-4,14-15H2,1-2H3/b12-6+. The smallest absolute Gasteiger partial charge is 0.246 e. The average molecular weight is 432 g/mol. The molecule has 164 valence electrons. The number of nitrogens with zero attached hydrogens (tertiary/aromatic N) is 3. The summed E-state index contributed by atoms with van der Waals surface area (Å²) in [5, 5.41) is 0. The van der Waals surface area contributed by atoms with Crippen LogP contribution in [0.25, 0.3) is 17.3 Å². The van der Waals surface area contributed by atoms with Crippen LogP contribution in [0.2, 0.25) is 0 Å². The number of allylic oxidation sites excluding steroid dienone is 1. The highest BCUT2D eigenvalue weighted by Crippen LogP contribution is 2.26. The van der Waals surface area contributed by atoms with Crippen LogP contribution in [0.1, 0.15) is 29.7 Å². The monoisotopic (exact) mass is 431 g/mol. The van der Waals surface area contributed by atoms with E-state index in [-0.39, 0.29) is 11.7 Å². The fourth-order valence-corrected chi connectivity index (χ4v) is 3.84. The first-order chi connectivity index (χ1) is 15.5. The Labute approximate surface area is 187 Å². The minimum absolute atomic E-state index is 0.0325. The number of ether oxygens (including phenoxy) is 1. The number of methoxy groups -OCH3 is 1. The van der Waals surface area contributed by atoms with E-state index in [4.69, 9.17) is 4.74 Å². The van der Waals surface area contributed by atoms with Crippen molar-refractivity contribution in [1.82, 2.24) is 14.5 Å². The number of halogens is 1. The van der Waals surface area contributed by atoms with Crippen LogP contribution in [0.5, 0.6) is 5.75 Å². The van der Waals surface area contributed by atoms with E-state index in [1.807, 2.05) is 46.9 Å². The molecule has 0 fully saturated rings. The van der Waals surface area contributed by atoms with E-state index >= 15 is 0 Å². The van der Waals surface area contributed by atoms with E-state index in [0.717, 1.165) is 40.9 Å². The minimum Gasteiger partial charge on any atom is -0.495 e. The first-order valence-corrected chi connectivity index (χ1v) is 10.6. The Kier molecular flexibility index (Phi) is 6.50. The molecule has 1 aromatic heterocycles. The fraction of sp³-hybridized carbons (Fsp3) is 0.231. The summed E-state index contributed by atoms with van der Waals surface area (Å²) in [6.45, 7) is 3.16. The molecule has 5 nitrogen and oxygen atoms in total. The van der Waals surface area contributed by atoms with Crippen LogP contribution in [0, 0.1) is 12.7 Å². The lowest BCUT2D eigenvalue weighted by Crippen LogP contribution is -2.29. The first-order valence-electron chi connectivity index (χ1n) is 10.6. The number of imidazole rings is 1. The van der Waals surface area contributed by atoms with Crippen LogP contribution >= 0.6 is 0 Å². The third-order valence-electron chi connectivity index (χ3n) is 5.57. The summed E-state index contributed by atoms with van der Waals surface area (Å²) in [5.41, 5.74) is 4.86. The van der Waals surface area contributed by atoms with Gasteiger partial charge in [0, 0.05) is 25.4 Å². The predicted molar refractivity (Wildman–Crippen MR) is 124 cm³/mol. The Balaban J connectivity index is 1.45. The second-order valence-corrected chi connectivity index (χ2v) is 7.81. The molecule has 0 spiro atoms. The summed E-state index contributed by atoms with van der Waals surface area (Å²) in [7, 11) is 1.63. The van der Waals surface area contributed by atoms with Crippen molar-refractivity contribution in [3.63, 3.8) is 0 Å². The number of carbonyl (C=O) groups excluding carboxylic acids is 1. The van der Waals surface area contributed by atoms with Crippen molar-refractivity contribution in [2.24, 2.45) is 0 Å². The summed E-state index contributed by atoms with van der Waals surface area (Å²) in [6, 6.07) is 12.3. The molecule has 1 aliphatic heterocycles. The largest absolute Gasteiger partial charge is 0.495 e. The third kappa shape index (κ3) is 4.97. The molecule has 1 aliphatic rings. The molecule has 2 aromatic carbocycles. The molecule has 0 saturated heterocycles. The van der Waals surface area contributed by atoms with Gasteiger partial charge >= 0.3 is 0 Å². The van der Waals surface area contributed by atoms with Crippen molar-refractivity contribution in [3.05, 3.63) is 89.8 Å². The Morgan fingerprint density at radius 3 is 2.72 bits per heavy atom. The van der Waals surface area contributed by atoms with Gasteiger partial charge in [-0.1, -0.05) is 24.3 Å². The number of aromatic nitrogens is 2. The molecule has 3 aromatic rings. The van der Waals surface area contributed by atoms with E-state index in [1.54, 1.807) is 31.6 Å². The average Bonchev–Trinajstić information content (AvgIpc) is 3.09. The zero-order valence-electron chi connectivity index (χ0n) is 18.3. The Morgan fingerprint density at radius 1 is 1.19 bits per heavy atom. The summed E-state index contributed by atoms with van der Waals surface area (Å²) in [4.78, 5) is 18.9. The topological polar surface area (TPSA) is 47.4 Å². The Hall–Kier alpha value is -3.67. The number of carbonyl (C=O) groups is 1. The molecular weight excluding hydrogens is 405 g/mol. The van der Waals surface area contributed by atoms with Crippen LogP contribution in [-0.2, 0) is 4.79 Å². The predicted octanol–water partition coefficient (Wildman–Crippen LogP) is 5.05. The molecular formula is C26H26FN3O2. The van der Waals surface area contributed by atoms with Gasteiger partial charge in [-0.05, 0) is 66.8 Å². The van der Waals surface area contributed by atoms with Crippen molar-refractivity contribution < 1.29 is 13.9 Å². The van der Waals surface area contributed by atoms with Gasteiger partial charge in [-0.3, -0.25) is 4.79 Å². The van der Waals surface area contributed by atoms with Gasteiger partial charge in [0.15, 0.2) is 0 Å². The number of hydrogen-bond acceptors (Lipinski definition) is 3. The van der Waals surface area contributed by atoms with E-state index in [1.165, 1.54) is 12.1 Å². The van der Waals surface area contributed by atoms with Gasteiger partial charge in [-0.2, -0.15) is 0 Å². The molecule has 4 rings (SSSR count). The van der Waals surface area contributed by atoms with Crippen molar-refractivity contribution in [2.45, 2.75) is 19.8 Å². The van der Waals surface area contributed by atoms with Gasteiger partial charge in [0.1, 0.15) is 11.6 Å². The van der Waals surface area contributed by atoms with Crippen molar-refractivity contribution >= 4 is 17.6 Å². The molecule has 1 amide bonds. The molecule has 0 saturated carbocycles. The van der Waals surface area contributed by atoms with Gasteiger partial charge in [0.2, 0.25) is 5.91 Å². The Morgan fingerprint density at radius 2 is 2.00 bits per heavy atom. The Bertz CT molecular complexity index is 1160. The molecule has 0 aliphatic carbocycles. The highest BCUT2D eigenvalue weighted by molar-refractivity contribution is 5.92. The number of hydrogen-bond donors (Lipinski definition) is 0. The molecule has 32 heavy (non-hydrogen) atoms. The maximum absolute atomic E-state index is 13.2. The van der Waals surface area contributed by atoms with Gasteiger partial charge in [0.25, 0.3) is 0 Å². The van der Waals surface area contributed by atoms with E-state index in [2.05, 4.69) is 11.1 Å². The number of amides is 1. The van der Waals surface area contributed by atoms with E-state index < -0.39 is 0 Å². The normalized spacial score (nSPS) is 14.3. The second kappa shape index (κ2) is 9.64.